The second-order valence-corrected chi connectivity index (χ2v) is 6.47. The van der Waals surface area contributed by atoms with Gasteiger partial charge in [0.05, 0.1) is 24.5 Å². The Balaban J connectivity index is 1.77. The number of hydrogen-bond acceptors (Lipinski definition) is 3. The van der Waals surface area contributed by atoms with Gasteiger partial charge in [-0.2, -0.15) is 0 Å². The Hall–Kier alpha value is -2.11. The van der Waals surface area contributed by atoms with Crippen molar-refractivity contribution in [1.29, 1.82) is 0 Å². The van der Waals surface area contributed by atoms with Crippen LogP contribution in [0.4, 0.5) is 4.39 Å². The fraction of sp³-hybridized carbons (Fsp3) is 0.500. The molecule has 0 unspecified atom stereocenters. The van der Waals surface area contributed by atoms with E-state index in [0.717, 1.165) is 0 Å². The Kier molecular flexibility index (Phi) is 3.34. The predicted octanol–water partition coefficient (Wildman–Crippen LogP) is 2.12. The van der Waals surface area contributed by atoms with Crippen LogP contribution in [0.5, 0.6) is 5.75 Å². The number of carbonyl (C=O) groups is 2. The quantitative estimate of drug-likeness (QED) is 0.897. The van der Waals surface area contributed by atoms with E-state index in [-0.39, 0.29) is 17.7 Å². The number of benzene rings is 1. The van der Waals surface area contributed by atoms with Crippen LogP contribution in [0.1, 0.15) is 31.9 Å². The Bertz CT molecular complexity index is 643. The maximum Gasteiger partial charge on any atom is 0.307 e. The molecule has 118 valence electrons. The number of rotatable bonds is 3. The molecule has 0 spiro atoms. The molecule has 1 saturated carbocycles. The lowest BCUT2D eigenvalue weighted by molar-refractivity contribution is -0.140. The van der Waals surface area contributed by atoms with E-state index in [1.165, 1.54) is 6.07 Å². The number of hydrogen-bond donors (Lipinski definition) is 2. The lowest BCUT2D eigenvalue weighted by Gasteiger charge is -2.27. The normalized spacial score (nSPS) is 28.2. The van der Waals surface area contributed by atoms with Crippen LogP contribution in [0, 0.1) is 23.1 Å². The summed E-state index contributed by atoms with van der Waals surface area (Å²) in [6, 6.07) is 4.25. The van der Waals surface area contributed by atoms with Crippen molar-refractivity contribution >= 4 is 11.9 Å². The first-order valence-electron chi connectivity index (χ1n) is 7.28. The van der Waals surface area contributed by atoms with E-state index in [1.54, 1.807) is 26.0 Å². The number of carboxylic acid groups (broad SMARTS) is 1. The number of halogens is 1. The molecule has 3 rings (SSSR count). The summed E-state index contributed by atoms with van der Waals surface area (Å²) in [6.07, 6.45) is 0.535. The molecule has 2 N–H and O–H groups in total. The van der Waals surface area contributed by atoms with Gasteiger partial charge in [0.1, 0.15) is 0 Å². The number of aliphatic carboxylic acids is 1. The highest BCUT2D eigenvalue weighted by atomic mass is 19.1. The van der Waals surface area contributed by atoms with Crippen molar-refractivity contribution in [3.63, 3.8) is 0 Å². The molecule has 1 amide bonds. The van der Waals surface area contributed by atoms with Crippen LogP contribution in [-0.2, 0) is 9.59 Å². The Morgan fingerprint density at radius 1 is 1.36 bits per heavy atom. The summed E-state index contributed by atoms with van der Waals surface area (Å²) in [5, 5.41) is 12.0. The van der Waals surface area contributed by atoms with Crippen molar-refractivity contribution in [1.82, 2.24) is 5.32 Å². The average Bonchev–Trinajstić information content (AvgIpc) is 3.03. The minimum Gasteiger partial charge on any atom is -0.490 e. The average molecular weight is 307 g/mol. The highest BCUT2D eigenvalue weighted by Gasteiger charge is 2.66. The number of fused-ring (bicyclic) bond motifs is 1. The van der Waals surface area contributed by atoms with Gasteiger partial charge in [-0.1, -0.05) is 26.0 Å². The Morgan fingerprint density at radius 3 is 2.73 bits per heavy atom. The van der Waals surface area contributed by atoms with Gasteiger partial charge < -0.3 is 15.2 Å². The summed E-state index contributed by atoms with van der Waals surface area (Å²) in [7, 11) is 0. The zero-order chi connectivity index (χ0) is 16.1. The largest absolute Gasteiger partial charge is 0.490 e. The minimum absolute atomic E-state index is 0.170. The van der Waals surface area contributed by atoms with Crippen LogP contribution >= 0.6 is 0 Å². The molecule has 5 nitrogen and oxygen atoms in total. The van der Waals surface area contributed by atoms with E-state index in [2.05, 4.69) is 5.32 Å². The summed E-state index contributed by atoms with van der Waals surface area (Å²) < 4.78 is 19.1. The Morgan fingerprint density at radius 2 is 2.09 bits per heavy atom. The summed E-state index contributed by atoms with van der Waals surface area (Å²) in [5.74, 6) is -2.75. The smallest absolute Gasteiger partial charge is 0.307 e. The predicted molar refractivity (Wildman–Crippen MR) is 75.8 cm³/mol. The van der Waals surface area contributed by atoms with E-state index in [1.807, 2.05) is 0 Å². The van der Waals surface area contributed by atoms with E-state index < -0.39 is 29.0 Å². The number of carbonyl (C=O) groups excluding carboxylic acids is 1. The number of amides is 1. The molecular formula is C16H18FNO4. The molecular weight excluding hydrogens is 289 g/mol. The van der Waals surface area contributed by atoms with Crippen molar-refractivity contribution in [3.8, 4) is 5.75 Å². The maximum absolute atomic E-state index is 13.7. The third-order valence-corrected chi connectivity index (χ3v) is 4.72. The molecule has 1 heterocycles. The van der Waals surface area contributed by atoms with Gasteiger partial charge in [-0.25, -0.2) is 4.39 Å². The van der Waals surface area contributed by atoms with Crippen molar-refractivity contribution in [3.05, 3.63) is 29.6 Å². The molecule has 0 bridgehead atoms. The van der Waals surface area contributed by atoms with Crippen molar-refractivity contribution in [2.45, 2.75) is 26.3 Å². The maximum atomic E-state index is 13.7. The van der Waals surface area contributed by atoms with Crippen LogP contribution in [0.15, 0.2) is 18.2 Å². The number of carboxylic acids is 1. The highest BCUT2D eigenvalue weighted by Crippen LogP contribution is 2.58. The van der Waals surface area contributed by atoms with Crippen LogP contribution in [-0.4, -0.2) is 23.6 Å². The first kappa shape index (κ1) is 14.8. The monoisotopic (exact) mass is 307 g/mol. The molecule has 0 aromatic heterocycles. The molecule has 0 saturated heterocycles. The Labute approximate surface area is 127 Å². The molecule has 1 aromatic rings. The molecule has 1 aliphatic carbocycles. The molecule has 1 aromatic carbocycles. The third kappa shape index (κ3) is 2.23. The highest BCUT2D eigenvalue weighted by molar-refractivity contribution is 5.91. The first-order chi connectivity index (χ1) is 10.3. The van der Waals surface area contributed by atoms with Gasteiger partial charge in [-0.3, -0.25) is 9.59 Å². The van der Waals surface area contributed by atoms with Crippen molar-refractivity contribution in [2.24, 2.45) is 17.3 Å². The summed E-state index contributed by atoms with van der Waals surface area (Å²) >= 11 is 0. The number of para-hydroxylation sites is 1. The molecule has 1 aliphatic heterocycles. The van der Waals surface area contributed by atoms with E-state index in [9.17, 15) is 14.0 Å². The number of nitrogens with one attached hydrogen (secondary N) is 1. The van der Waals surface area contributed by atoms with Crippen LogP contribution in [0.3, 0.4) is 0 Å². The SMILES string of the molecule is CC1(C)[C@H](C(=O)O)[C@@H]1C(=O)N[C@H]1CCOc2c(F)cccc21. The van der Waals surface area contributed by atoms with E-state index >= 15 is 0 Å². The van der Waals surface area contributed by atoms with Crippen molar-refractivity contribution < 1.29 is 23.8 Å². The zero-order valence-corrected chi connectivity index (χ0v) is 12.4. The van der Waals surface area contributed by atoms with Crippen LogP contribution in [0.2, 0.25) is 0 Å². The topological polar surface area (TPSA) is 75.6 Å². The molecule has 0 radical (unpaired) electrons. The van der Waals surface area contributed by atoms with Gasteiger partial charge in [0.2, 0.25) is 5.91 Å². The minimum atomic E-state index is -0.955. The molecule has 6 heteroatoms. The summed E-state index contributed by atoms with van der Waals surface area (Å²) in [6.45, 7) is 3.86. The standard InChI is InChI=1S/C16H18FNO4/c1-16(2)11(12(16)15(20)21)14(19)18-10-6-7-22-13-8(10)4-3-5-9(13)17/h3-5,10-12H,6-7H2,1-2H3,(H,18,19)(H,20,21)/t10-,11+,12-/m0/s1. The van der Waals surface area contributed by atoms with Gasteiger partial charge in [0, 0.05) is 12.0 Å². The summed E-state index contributed by atoms with van der Waals surface area (Å²) in [4.78, 5) is 23.6. The van der Waals surface area contributed by atoms with Crippen LogP contribution < -0.4 is 10.1 Å². The zero-order valence-electron chi connectivity index (χ0n) is 12.4. The van der Waals surface area contributed by atoms with Crippen LogP contribution in [0.25, 0.3) is 0 Å². The van der Waals surface area contributed by atoms with Crippen molar-refractivity contribution in [2.75, 3.05) is 6.61 Å². The molecule has 3 atom stereocenters. The van der Waals surface area contributed by atoms with Gasteiger partial charge >= 0.3 is 5.97 Å². The second kappa shape index (κ2) is 4.97. The molecule has 22 heavy (non-hydrogen) atoms. The van der Waals surface area contributed by atoms with Gasteiger partial charge in [0.15, 0.2) is 11.6 Å². The first-order valence-corrected chi connectivity index (χ1v) is 7.28. The van der Waals surface area contributed by atoms with E-state index in [0.29, 0.717) is 18.6 Å². The lowest BCUT2D eigenvalue weighted by atomic mass is 9.99. The number of ether oxygens (including phenoxy) is 1. The van der Waals surface area contributed by atoms with Gasteiger partial charge in [0.25, 0.3) is 0 Å². The fourth-order valence-electron chi connectivity index (χ4n) is 3.39. The molecule has 2 aliphatic rings. The lowest BCUT2D eigenvalue weighted by Crippen LogP contribution is -2.34. The van der Waals surface area contributed by atoms with Gasteiger partial charge in [-0.05, 0) is 11.5 Å². The second-order valence-electron chi connectivity index (χ2n) is 6.47. The molecule has 1 fully saturated rings. The third-order valence-electron chi connectivity index (χ3n) is 4.72. The van der Waals surface area contributed by atoms with Gasteiger partial charge in [-0.15, -0.1) is 0 Å². The summed E-state index contributed by atoms with van der Waals surface area (Å²) in [5.41, 5.74) is 0.0520. The fourth-order valence-corrected chi connectivity index (χ4v) is 3.39. The van der Waals surface area contributed by atoms with E-state index in [4.69, 9.17) is 9.84 Å².